The molecule has 0 fully saturated rings. The van der Waals surface area contributed by atoms with Gasteiger partial charge in [-0.05, 0) is 12.1 Å². The topological polar surface area (TPSA) is 92.8 Å². The number of benzene rings is 1. The molecule has 0 spiro atoms. The molecule has 0 radical (unpaired) electrons. The molecule has 1 aromatic carbocycles. The molecule has 0 saturated carbocycles. The molecule has 0 aliphatic carbocycles. The number of carbonyl (C=O) groups excluding carboxylic acids is 2. The van der Waals surface area contributed by atoms with Crippen molar-refractivity contribution in [2.75, 3.05) is 29.2 Å². The van der Waals surface area contributed by atoms with E-state index in [1.54, 1.807) is 12.1 Å². The second-order valence-electron chi connectivity index (χ2n) is 5.01. The maximum atomic E-state index is 12.5. The van der Waals surface area contributed by atoms with Gasteiger partial charge in [-0.15, -0.1) is 0 Å². The number of urea groups is 1. The molecule has 0 saturated heterocycles. The third-order valence-corrected chi connectivity index (χ3v) is 3.91. The molecule has 0 aliphatic rings. The summed E-state index contributed by atoms with van der Waals surface area (Å²) >= 11 is 10.3. The van der Waals surface area contributed by atoms with Crippen LogP contribution in [0.15, 0.2) is 30.5 Å². The molecule has 10 heteroatoms. The molecule has 26 heavy (non-hydrogen) atoms. The Morgan fingerprint density at radius 2 is 1.85 bits per heavy atom. The summed E-state index contributed by atoms with van der Waals surface area (Å²) in [5.74, 6) is 0.808. The van der Waals surface area contributed by atoms with E-state index in [9.17, 15) is 9.59 Å². The van der Waals surface area contributed by atoms with E-state index in [1.807, 2.05) is 0 Å². The van der Waals surface area contributed by atoms with Gasteiger partial charge in [0.2, 0.25) is 5.91 Å². The number of pyridine rings is 1. The minimum atomic E-state index is -0.562. The number of thiol groups is 1. The molecule has 1 heterocycles. The fourth-order valence-corrected chi connectivity index (χ4v) is 2.46. The summed E-state index contributed by atoms with van der Waals surface area (Å²) in [7, 11) is 2.93. The second-order valence-corrected chi connectivity index (χ2v) is 5.82. The van der Waals surface area contributed by atoms with Crippen molar-refractivity contribution in [3.05, 3.63) is 35.5 Å². The Morgan fingerprint density at radius 1 is 1.15 bits per heavy atom. The van der Waals surface area contributed by atoms with Gasteiger partial charge in [0.05, 0.1) is 30.6 Å². The lowest BCUT2D eigenvalue weighted by Crippen LogP contribution is -2.27. The molecular weight excluding hydrogens is 380 g/mol. The number of rotatable bonds is 5. The first kappa shape index (κ1) is 19.7. The molecule has 0 unspecified atom stereocenters. The van der Waals surface area contributed by atoms with Crippen LogP contribution in [-0.4, -0.2) is 31.1 Å². The zero-order chi connectivity index (χ0) is 19.3. The van der Waals surface area contributed by atoms with E-state index >= 15 is 0 Å². The van der Waals surface area contributed by atoms with Crippen molar-refractivity contribution >= 4 is 53.5 Å². The lowest BCUT2D eigenvalue weighted by atomic mass is 10.2. The van der Waals surface area contributed by atoms with Crippen molar-refractivity contribution in [2.45, 2.75) is 6.92 Å². The maximum Gasteiger partial charge on any atom is 0.336 e. The van der Waals surface area contributed by atoms with Crippen LogP contribution >= 0.6 is 24.4 Å². The summed E-state index contributed by atoms with van der Waals surface area (Å²) in [5, 5.41) is 5.49. The summed E-state index contributed by atoms with van der Waals surface area (Å²) < 4.78 is 11.4. The summed E-state index contributed by atoms with van der Waals surface area (Å²) in [6.45, 7) is 1.36. The molecule has 2 N–H and O–H groups in total. The number of aromatic nitrogens is 1. The molecule has 0 aliphatic heterocycles. The lowest BCUT2D eigenvalue weighted by Gasteiger charge is -2.19. The molecular formula is C16H17ClN4O4S. The number of hydrogen-bond acceptors (Lipinski definition) is 6. The van der Waals surface area contributed by atoms with Crippen LogP contribution in [-0.2, 0) is 4.79 Å². The standard InChI is InChI=1S/C16H17ClN4O4S/c1-9(22)19-15-6-10(4-5-18-15)21(26)16(23)20-12-7-11(17)13(24-2)8-14(12)25-3/h4-8,26H,1-3H3,(H,20,23)(H,18,19,22). The van der Waals surface area contributed by atoms with E-state index in [2.05, 4.69) is 28.4 Å². The molecule has 2 rings (SSSR count). The van der Waals surface area contributed by atoms with Gasteiger partial charge in [0.15, 0.2) is 0 Å². The van der Waals surface area contributed by atoms with Crippen LogP contribution in [0.2, 0.25) is 5.02 Å². The maximum absolute atomic E-state index is 12.5. The number of methoxy groups -OCH3 is 2. The summed E-state index contributed by atoms with van der Waals surface area (Å²) in [6, 6.07) is 5.58. The van der Waals surface area contributed by atoms with Gasteiger partial charge in [-0.2, -0.15) is 0 Å². The molecule has 8 nitrogen and oxygen atoms in total. The average molecular weight is 397 g/mol. The van der Waals surface area contributed by atoms with E-state index in [4.69, 9.17) is 21.1 Å². The Kier molecular flexibility index (Phi) is 6.53. The number of ether oxygens (including phenoxy) is 2. The first-order valence-electron chi connectivity index (χ1n) is 7.31. The zero-order valence-corrected chi connectivity index (χ0v) is 15.9. The molecule has 1 aromatic heterocycles. The van der Waals surface area contributed by atoms with E-state index in [0.29, 0.717) is 33.7 Å². The van der Waals surface area contributed by atoms with Crippen molar-refractivity contribution in [2.24, 2.45) is 0 Å². The Balaban J connectivity index is 2.22. The first-order valence-corrected chi connectivity index (χ1v) is 8.08. The fraction of sp³-hybridized carbons (Fsp3) is 0.188. The number of nitrogens with one attached hydrogen (secondary N) is 2. The van der Waals surface area contributed by atoms with Gasteiger partial charge in [0.1, 0.15) is 17.3 Å². The highest BCUT2D eigenvalue weighted by atomic mass is 35.5. The second kappa shape index (κ2) is 8.63. The number of hydrogen-bond donors (Lipinski definition) is 3. The number of halogens is 1. The van der Waals surface area contributed by atoms with E-state index < -0.39 is 6.03 Å². The number of amides is 3. The minimum Gasteiger partial charge on any atom is -0.495 e. The van der Waals surface area contributed by atoms with Crippen LogP contribution in [0, 0.1) is 0 Å². The van der Waals surface area contributed by atoms with Gasteiger partial charge < -0.3 is 20.1 Å². The third kappa shape index (κ3) is 4.70. The van der Waals surface area contributed by atoms with E-state index in [1.165, 1.54) is 39.5 Å². The van der Waals surface area contributed by atoms with Crippen molar-refractivity contribution in [1.82, 2.24) is 4.98 Å². The highest BCUT2D eigenvalue weighted by Crippen LogP contribution is 2.36. The number of anilines is 3. The average Bonchev–Trinajstić information content (AvgIpc) is 2.61. The quantitative estimate of drug-likeness (QED) is 0.671. The summed E-state index contributed by atoms with van der Waals surface area (Å²) in [6.07, 6.45) is 1.45. The highest BCUT2D eigenvalue weighted by Gasteiger charge is 2.17. The Labute approximate surface area is 161 Å². The van der Waals surface area contributed by atoms with Crippen LogP contribution < -0.4 is 24.4 Å². The fourth-order valence-electron chi connectivity index (χ4n) is 2.04. The number of nitrogens with zero attached hydrogens (tertiary/aromatic N) is 2. The summed E-state index contributed by atoms with van der Waals surface area (Å²) in [4.78, 5) is 27.6. The van der Waals surface area contributed by atoms with Gasteiger partial charge in [0.25, 0.3) is 0 Å². The predicted molar refractivity (Wildman–Crippen MR) is 104 cm³/mol. The Morgan fingerprint density at radius 3 is 2.46 bits per heavy atom. The smallest absolute Gasteiger partial charge is 0.336 e. The van der Waals surface area contributed by atoms with Crippen molar-refractivity contribution in [3.63, 3.8) is 0 Å². The molecule has 138 valence electrons. The van der Waals surface area contributed by atoms with E-state index in [-0.39, 0.29) is 5.91 Å². The monoisotopic (exact) mass is 396 g/mol. The molecule has 0 atom stereocenters. The van der Waals surface area contributed by atoms with Gasteiger partial charge >= 0.3 is 6.03 Å². The Hall–Kier alpha value is -2.65. The first-order chi connectivity index (χ1) is 12.3. The molecule has 0 bridgehead atoms. The van der Waals surface area contributed by atoms with Crippen LogP contribution in [0.3, 0.4) is 0 Å². The predicted octanol–water partition coefficient (Wildman–Crippen LogP) is 3.59. The molecule has 2 aromatic rings. The van der Waals surface area contributed by atoms with Gasteiger partial charge in [-0.1, -0.05) is 24.4 Å². The van der Waals surface area contributed by atoms with Gasteiger partial charge in [0, 0.05) is 25.3 Å². The molecule has 3 amide bonds. The normalized spacial score (nSPS) is 10.0. The third-order valence-electron chi connectivity index (χ3n) is 3.20. The largest absolute Gasteiger partial charge is 0.495 e. The van der Waals surface area contributed by atoms with Gasteiger partial charge in [-0.3, -0.25) is 4.79 Å². The lowest BCUT2D eigenvalue weighted by molar-refractivity contribution is -0.114. The number of carbonyl (C=O) groups is 2. The SMILES string of the molecule is COc1cc(OC)c(NC(=O)N(S)c2ccnc(NC(C)=O)c2)cc1Cl. The van der Waals surface area contributed by atoms with Crippen LogP contribution in [0.4, 0.5) is 22.0 Å². The van der Waals surface area contributed by atoms with Crippen molar-refractivity contribution in [1.29, 1.82) is 0 Å². The van der Waals surface area contributed by atoms with Crippen molar-refractivity contribution < 1.29 is 19.1 Å². The van der Waals surface area contributed by atoms with E-state index in [0.717, 1.165) is 4.31 Å². The summed E-state index contributed by atoms with van der Waals surface area (Å²) in [5.41, 5.74) is 0.752. The highest BCUT2D eigenvalue weighted by molar-refractivity contribution is 7.82. The van der Waals surface area contributed by atoms with Crippen LogP contribution in [0.25, 0.3) is 0 Å². The van der Waals surface area contributed by atoms with Gasteiger partial charge in [-0.25, -0.2) is 14.1 Å². The Bertz CT molecular complexity index is 834. The van der Waals surface area contributed by atoms with Crippen LogP contribution in [0.1, 0.15) is 6.92 Å². The zero-order valence-electron chi connectivity index (χ0n) is 14.2. The van der Waals surface area contributed by atoms with Crippen molar-refractivity contribution in [3.8, 4) is 11.5 Å². The minimum absolute atomic E-state index is 0.276. The van der Waals surface area contributed by atoms with Crippen LogP contribution in [0.5, 0.6) is 11.5 Å².